The summed E-state index contributed by atoms with van der Waals surface area (Å²) in [4.78, 5) is 16.4. The van der Waals surface area contributed by atoms with Gasteiger partial charge in [-0.1, -0.05) is 23.9 Å². The number of fused-ring (bicyclic) bond motifs is 1. The second-order valence-corrected chi connectivity index (χ2v) is 8.55. The predicted molar refractivity (Wildman–Crippen MR) is 115 cm³/mol. The van der Waals surface area contributed by atoms with Gasteiger partial charge in [0, 0.05) is 30.6 Å². The monoisotopic (exact) mass is 412 g/mol. The van der Waals surface area contributed by atoms with Gasteiger partial charge in [0.05, 0.1) is 10.4 Å². The van der Waals surface area contributed by atoms with Crippen LogP contribution in [0.4, 0.5) is 5.69 Å². The van der Waals surface area contributed by atoms with Gasteiger partial charge in [0.1, 0.15) is 16.2 Å². The van der Waals surface area contributed by atoms with Crippen molar-refractivity contribution in [1.29, 1.82) is 0 Å². The summed E-state index contributed by atoms with van der Waals surface area (Å²) in [6.45, 7) is 3.32. The van der Waals surface area contributed by atoms with Crippen LogP contribution in [0.15, 0.2) is 58.5 Å². The molecule has 28 heavy (non-hydrogen) atoms. The lowest BCUT2D eigenvalue weighted by molar-refractivity contribution is -0.698. The molecule has 4 rings (SSSR count). The van der Waals surface area contributed by atoms with E-state index in [1.165, 1.54) is 4.90 Å². The first-order valence-electron chi connectivity index (χ1n) is 9.18. The van der Waals surface area contributed by atoms with Crippen molar-refractivity contribution in [2.75, 3.05) is 18.6 Å². The van der Waals surface area contributed by atoms with E-state index in [4.69, 9.17) is 5.11 Å². The highest BCUT2D eigenvalue weighted by Gasteiger charge is 2.24. The van der Waals surface area contributed by atoms with Crippen LogP contribution in [0.25, 0.3) is 11.1 Å². The summed E-state index contributed by atoms with van der Waals surface area (Å²) in [5.74, 6) is 0. The van der Waals surface area contributed by atoms with Crippen LogP contribution in [-0.2, 0) is 13.1 Å². The first-order chi connectivity index (χ1) is 13.6. The molecule has 0 fully saturated rings. The topological polar surface area (TPSA) is 49.4 Å². The molecule has 0 radical (unpaired) electrons. The van der Waals surface area contributed by atoms with Crippen molar-refractivity contribution in [3.05, 3.63) is 73.9 Å². The van der Waals surface area contributed by atoms with E-state index < -0.39 is 0 Å². The van der Waals surface area contributed by atoms with E-state index in [1.54, 1.807) is 23.1 Å². The molecule has 7 heteroatoms. The number of aromatic nitrogens is 2. The van der Waals surface area contributed by atoms with Crippen LogP contribution in [0.3, 0.4) is 0 Å². The third-order valence-electron chi connectivity index (χ3n) is 4.73. The lowest BCUT2D eigenvalue weighted by Crippen LogP contribution is -2.34. The largest absolute Gasteiger partial charge is 0.390 e. The van der Waals surface area contributed by atoms with Crippen molar-refractivity contribution in [2.45, 2.75) is 24.9 Å². The Balaban J connectivity index is 1.83. The molecule has 0 unspecified atom stereocenters. The van der Waals surface area contributed by atoms with Crippen LogP contribution >= 0.6 is 23.1 Å². The fourth-order valence-electron chi connectivity index (χ4n) is 3.24. The minimum atomic E-state index is 0.0622. The van der Waals surface area contributed by atoms with Crippen molar-refractivity contribution in [2.24, 2.45) is 0 Å². The Morgan fingerprint density at radius 2 is 1.93 bits per heavy atom. The Kier molecular flexibility index (Phi) is 5.39. The van der Waals surface area contributed by atoms with Crippen LogP contribution in [0.2, 0.25) is 0 Å². The molecule has 1 aliphatic heterocycles. The third kappa shape index (κ3) is 3.41. The van der Waals surface area contributed by atoms with Crippen molar-refractivity contribution in [3.63, 3.8) is 0 Å². The van der Waals surface area contributed by atoms with Gasteiger partial charge in [-0.2, -0.15) is 0 Å². The van der Waals surface area contributed by atoms with Gasteiger partial charge in [-0.3, -0.25) is 9.36 Å². The molecular weight excluding hydrogens is 390 g/mol. The van der Waals surface area contributed by atoms with Gasteiger partial charge < -0.3 is 10.0 Å². The third-order valence-corrected chi connectivity index (χ3v) is 7.21. The molecule has 1 aromatic carbocycles. The predicted octanol–water partition coefficient (Wildman–Crippen LogP) is 1.35. The SMILES string of the molecule is CCn1c(=O)/c(=C2\Sc3ccccc3N2C)s/c1=C/c1cc[n+](CCO)cc1. The molecule has 1 aliphatic rings. The molecule has 2 aromatic heterocycles. The van der Waals surface area contributed by atoms with E-state index in [2.05, 4.69) is 23.1 Å². The summed E-state index contributed by atoms with van der Waals surface area (Å²) >= 11 is 3.20. The van der Waals surface area contributed by atoms with Gasteiger partial charge in [-0.25, -0.2) is 4.57 Å². The highest BCUT2D eigenvalue weighted by atomic mass is 32.2. The number of anilines is 1. The molecule has 1 N–H and O–H groups in total. The van der Waals surface area contributed by atoms with Gasteiger partial charge in [0.15, 0.2) is 18.9 Å². The van der Waals surface area contributed by atoms with E-state index in [1.807, 2.05) is 59.8 Å². The Morgan fingerprint density at radius 3 is 2.61 bits per heavy atom. The molecule has 5 nitrogen and oxygen atoms in total. The van der Waals surface area contributed by atoms with Gasteiger partial charge in [0.25, 0.3) is 5.56 Å². The maximum atomic E-state index is 13.1. The average molecular weight is 413 g/mol. The van der Waals surface area contributed by atoms with E-state index >= 15 is 0 Å². The van der Waals surface area contributed by atoms with Crippen LogP contribution in [0, 0.1) is 0 Å². The van der Waals surface area contributed by atoms with Crippen molar-refractivity contribution < 1.29 is 9.67 Å². The Bertz CT molecular complexity index is 1180. The number of rotatable bonds is 4. The molecule has 0 atom stereocenters. The summed E-state index contributed by atoms with van der Waals surface area (Å²) in [6, 6.07) is 12.2. The molecule has 0 saturated carbocycles. The number of para-hydroxylation sites is 1. The normalized spacial score (nSPS) is 16.0. The van der Waals surface area contributed by atoms with E-state index in [0.717, 1.165) is 25.5 Å². The minimum Gasteiger partial charge on any atom is -0.390 e. The smallest absolute Gasteiger partial charge is 0.271 e. The van der Waals surface area contributed by atoms with Crippen LogP contribution < -0.4 is 24.2 Å². The average Bonchev–Trinajstić information content (AvgIpc) is 3.20. The number of aliphatic hydroxyl groups is 1. The zero-order valence-electron chi connectivity index (χ0n) is 15.8. The zero-order chi connectivity index (χ0) is 19.7. The highest BCUT2D eigenvalue weighted by molar-refractivity contribution is 8.08. The molecule has 3 aromatic rings. The molecule has 144 valence electrons. The van der Waals surface area contributed by atoms with Crippen LogP contribution in [0.5, 0.6) is 0 Å². The zero-order valence-corrected chi connectivity index (χ0v) is 17.5. The number of nitrogens with zero attached hydrogens (tertiary/aromatic N) is 3. The molecular formula is C21H22N3O2S2+. The van der Waals surface area contributed by atoms with Gasteiger partial charge >= 0.3 is 0 Å². The Hall–Kier alpha value is -2.35. The number of hydrogen-bond donors (Lipinski definition) is 1. The Labute approximate surface area is 171 Å². The maximum Gasteiger partial charge on any atom is 0.271 e. The molecule has 0 aliphatic carbocycles. The van der Waals surface area contributed by atoms with Crippen LogP contribution in [-0.4, -0.2) is 23.3 Å². The summed E-state index contributed by atoms with van der Waals surface area (Å²) in [7, 11) is 2.02. The molecule has 0 bridgehead atoms. The number of thiazole rings is 1. The number of aliphatic hydroxyl groups excluding tert-OH is 1. The summed E-state index contributed by atoms with van der Waals surface area (Å²) in [5.41, 5.74) is 2.23. The fourth-order valence-corrected chi connectivity index (χ4v) is 5.72. The number of hydrogen-bond acceptors (Lipinski definition) is 5. The van der Waals surface area contributed by atoms with Crippen molar-refractivity contribution in [1.82, 2.24) is 4.57 Å². The number of benzene rings is 1. The molecule has 0 spiro atoms. The summed E-state index contributed by atoms with van der Waals surface area (Å²) < 4.78 is 5.49. The Morgan fingerprint density at radius 1 is 1.18 bits per heavy atom. The lowest BCUT2D eigenvalue weighted by Gasteiger charge is -2.11. The standard InChI is InChI=1S/C21H22N3O2S2/c1-3-24-18(14-15-8-10-23(11-9-15)12-13-25)28-19(20(24)26)21-22(2)16-6-4-5-7-17(16)27-21/h4-11,14,25H,3,12-13H2,1-2H3/q+1/b21-19+. The second-order valence-electron chi connectivity index (χ2n) is 6.49. The highest BCUT2D eigenvalue weighted by Crippen LogP contribution is 2.44. The molecule has 0 amide bonds. The van der Waals surface area contributed by atoms with Gasteiger partial charge in [0.2, 0.25) is 0 Å². The number of thioether (sulfide) groups is 1. The second kappa shape index (κ2) is 7.95. The lowest BCUT2D eigenvalue weighted by atomic mass is 10.2. The van der Waals surface area contributed by atoms with Gasteiger partial charge in [-0.05, 0) is 30.7 Å². The van der Waals surface area contributed by atoms with E-state index in [9.17, 15) is 4.79 Å². The summed E-state index contributed by atoms with van der Waals surface area (Å²) in [6.07, 6.45) is 5.93. The van der Waals surface area contributed by atoms with Crippen LogP contribution in [0.1, 0.15) is 12.5 Å². The first-order valence-corrected chi connectivity index (χ1v) is 10.8. The quantitative estimate of drug-likeness (QED) is 0.658. The van der Waals surface area contributed by atoms with Gasteiger partial charge in [-0.15, -0.1) is 11.3 Å². The van der Waals surface area contributed by atoms with Crippen molar-refractivity contribution in [3.8, 4) is 0 Å². The maximum absolute atomic E-state index is 13.1. The first kappa shape index (κ1) is 19.0. The minimum absolute atomic E-state index is 0.0622. The molecule has 3 heterocycles. The van der Waals surface area contributed by atoms with Crippen molar-refractivity contribution >= 4 is 39.9 Å². The fraction of sp³-hybridized carbons (Fsp3) is 0.238. The van der Waals surface area contributed by atoms with E-state index in [-0.39, 0.29) is 12.2 Å². The molecule has 0 saturated heterocycles. The number of pyridine rings is 1. The van der Waals surface area contributed by atoms with E-state index in [0.29, 0.717) is 13.1 Å². The summed E-state index contributed by atoms with van der Waals surface area (Å²) in [5, 5.41) is 10.0.